The van der Waals surface area contributed by atoms with Gasteiger partial charge in [-0.3, -0.25) is 9.59 Å². The van der Waals surface area contributed by atoms with Gasteiger partial charge in [0.1, 0.15) is 0 Å². The third kappa shape index (κ3) is 3.81. The molecule has 3 atom stereocenters. The van der Waals surface area contributed by atoms with Gasteiger partial charge in [0.05, 0.1) is 18.1 Å². The lowest BCUT2D eigenvalue weighted by Gasteiger charge is -2.29. The first-order chi connectivity index (χ1) is 7.27. The summed E-state index contributed by atoms with van der Waals surface area (Å²) >= 11 is 0. The lowest BCUT2D eigenvalue weighted by Crippen LogP contribution is -2.51. The van der Waals surface area contributed by atoms with Gasteiger partial charge in [-0.1, -0.05) is 20.8 Å². The molecule has 5 heteroatoms. The summed E-state index contributed by atoms with van der Waals surface area (Å²) in [5.41, 5.74) is -0.677. The fourth-order valence-corrected chi connectivity index (χ4v) is 1.09. The molecule has 16 heavy (non-hydrogen) atoms. The van der Waals surface area contributed by atoms with Gasteiger partial charge in [0.25, 0.3) is 0 Å². The number of carboxylic acids is 1. The molecular formula is C11H21NO4. The molecule has 3 unspecified atom stereocenters. The highest BCUT2D eigenvalue weighted by atomic mass is 16.4. The Bertz CT molecular complexity index is 261. The van der Waals surface area contributed by atoms with Gasteiger partial charge in [-0.15, -0.1) is 0 Å². The highest BCUT2D eigenvalue weighted by Gasteiger charge is 2.30. The number of hydrogen-bond donors (Lipinski definition) is 3. The maximum Gasteiger partial charge on any atom is 0.307 e. The van der Waals surface area contributed by atoms with Crippen LogP contribution in [0, 0.1) is 11.8 Å². The summed E-state index contributed by atoms with van der Waals surface area (Å²) in [6.07, 6.45) is 0.587. The molecule has 0 bridgehead atoms. The number of amides is 1. The van der Waals surface area contributed by atoms with E-state index >= 15 is 0 Å². The number of carboxylic acid groups (broad SMARTS) is 1. The van der Waals surface area contributed by atoms with E-state index < -0.39 is 23.3 Å². The van der Waals surface area contributed by atoms with Crippen LogP contribution in [-0.2, 0) is 9.59 Å². The summed E-state index contributed by atoms with van der Waals surface area (Å²) in [5.74, 6) is -2.69. The quantitative estimate of drug-likeness (QED) is 0.625. The summed E-state index contributed by atoms with van der Waals surface area (Å²) in [6, 6.07) is 0. The van der Waals surface area contributed by atoms with E-state index in [-0.39, 0.29) is 12.5 Å². The van der Waals surface area contributed by atoms with Gasteiger partial charge in [-0.05, 0) is 13.3 Å². The average Bonchev–Trinajstić information content (AvgIpc) is 2.26. The van der Waals surface area contributed by atoms with Crippen LogP contribution in [0.2, 0.25) is 0 Å². The SMILES string of the molecule is CCC(C)(CO)NC(=O)C(C)C(C)C(=O)O. The zero-order chi connectivity index (χ0) is 12.9. The Labute approximate surface area is 95.9 Å². The van der Waals surface area contributed by atoms with E-state index in [1.807, 2.05) is 6.92 Å². The fourth-order valence-electron chi connectivity index (χ4n) is 1.09. The molecule has 0 saturated carbocycles. The molecule has 0 aromatic rings. The van der Waals surface area contributed by atoms with Gasteiger partial charge >= 0.3 is 5.97 Å². The van der Waals surface area contributed by atoms with E-state index in [0.29, 0.717) is 6.42 Å². The minimum atomic E-state index is -0.996. The standard InChI is InChI=1S/C11H21NO4/c1-5-11(4,6-13)12-9(14)7(2)8(3)10(15)16/h7-8,13H,5-6H2,1-4H3,(H,12,14)(H,15,16). The highest BCUT2D eigenvalue weighted by Crippen LogP contribution is 2.14. The topological polar surface area (TPSA) is 86.6 Å². The Morgan fingerprint density at radius 3 is 2.12 bits per heavy atom. The maximum absolute atomic E-state index is 11.7. The van der Waals surface area contributed by atoms with E-state index in [4.69, 9.17) is 10.2 Å². The van der Waals surface area contributed by atoms with Crippen molar-refractivity contribution < 1.29 is 19.8 Å². The third-order valence-corrected chi connectivity index (χ3v) is 3.11. The Kier molecular flexibility index (Phi) is 5.44. The van der Waals surface area contributed by atoms with Crippen molar-refractivity contribution in [3.05, 3.63) is 0 Å². The molecule has 0 heterocycles. The molecule has 5 nitrogen and oxygen atoms in total. The van der Waals surface area contributed by atoms with Gasteiger partial charge in [-0.25, -0.2) is 0 Å². The van der Waals surface area contributed by atoms with Crippen LogP contribution in [0.15, 0.2) is 0 Å². The number of carbonyl (C=O) groups excluding carboxylic acids is 1. The smallest absolute Gasteiger partial charge is 0.307 e. The number of aliphatic carboxylic acids is 1. The molecule has 0 fully saturated rings. The monoisotopic (exact) mass is 231 g/mol. The van der Waals surface area contributed by atoms with Crippen molar-refractivity contribution in [2.75, 3.05) is 6.61 Å². The molecule has 0 aliphatic rings. The van der Waals surface area contributed by atoms with Crippen LogP contribution in [0.5, 0.6) is 0 Å². The summed E-state index contributed by atoms with van der Waals surface area (Å²) in [5, 5.41) is 20.6. The predicted octanol–water partition coefficient (Wildman–Crippen LogP) is 0.620. The molecule has 0 aromatic carbocycles. The van der Waals surface area contributed by atoms with Crippen LogP contribution in [0.25, 0.3) is 0 Å². The first-order valence-corrected chi connectivity index (χ1v) is 5.43. The first kappa shape index (κ1) is 14.9. The van der Waals surface area contributed by atoms with Gasteiger partial charge in [0, 0.05) is 5.92 Å². The molecule has 0 spiro atoms. The zero-order valence-electron chi connectivity index (χ0n) is 10.3. The zero-order valence-corrected chi connectivity index (χ0v) is 10.3. The van der Waals surface area contributed by atoms with Crippen LogP contribution < -0.4 is 5.32 Å². The van der Waals surface area contributed by atoms with Crippen LogP contribution in [0.4, 0.5) is 0 Å². The minimum absolute atomic E-state index is 0.163. The lowest BCUT2D eigenvalue weighted by atomic mass is 9.92. The molecule has 0 aliphatic carbocycles. The molecule has 3 N–H and O–H groups in total. The van der Waals surface area contributed by atoms with Crippen molar-refractivity contribution >= 4 is 11.9 Å². The van der Waals surface area contributed by atoms with E-state index in [0.717, 1.165) is 0 Å². The lowest BCUT2D eigenvalue weighted by molar-refractivity contribution is -0.146. The van der Waals surface area contributed by atoms with Gasteiger partial charge < -0.3 is 15.5 Å². The highest BCUT2D eigenvalue weighted by molar-refractivity contribution is 5.84. The second kappa shape index (κ2) is 5.84. The van der Waals surface area contributed by atoms with E-state index in [2.05, 4.69) is 5.32 Å². The molecule has 0 aromatic heterocycles. The molecule has 1 amide bonds. The molecular weight excluding hydrogens is 210 g/mol. The summed E-state index contributed by atoms with van der Waals surface area (Å²) < 4.78 is 0. The van der Waals surface area contributed by atoms with Crippen molar-refractivity contribution in [1.82, 2.24) is 5.32 Å². The Morgan fingerprint density at radius 1 is 1.31 bits per heavy atom. The van der Waals surface area contributed by atoms with Gasteiger partial charge in [0.15, 0.2) is 0 Å². The van der Waals surface area contributed by atoms with Crippen molar-refractivity contribution in [1.29, 1.82) is 0 Å². The molecule has 0 radical (unpaired) electrons. The number of rotatable bonds is 6. The van der Waals surface area contributed by atoms with Crippen LogP contribution in [-0.4, -0.2) is 34.2 Å². The second-order valence-electron chi connectivity index (χ2n) is 4.48. The normalized spacial score (nSPS) is 18.3. The number of carbonyl (C=O) groups is 2. The summed E-state index contributed by atoms with van der Waals surface area (Å²) in [4.78, 5) is 22.5. The number of aliphatic hydroxyl groups excluding tert-OH is 1. The van der Waals surface area contributed by atoms with Crippen molar-refractivity contribution in [2.45, 2.75) is 39.7 Å². The van der Waals surface area contributed by atoms with E-state index in [1.165, 1.54) is 6.92 Å². The van der Waals surface area contributed by atoms with Crippen molar-refractivity contribution in [3.8, 4) is 0 Å². The Morgan fingerprint density at radius 2 is 1.81 bits per heavy atom. The summed E-state index contributed by atoms with van der Waals surface area (Å²) in [6.45, 7) is 6.48. The number of aliphatic hydroxyl groups is 1. The summed E-state index contributed by atoms with van der Waals surface area (Å²) in [7, 11) is 0. The second-order valence-corrected chi connectivity index (χ2v) is 4.48. The molecule has 0 aliphatic heterocycles. The van der Waals surface area contributed by atoms with Gasteiger partial charge in [-0.2, -0.15) is 0 Å². The Balaban J connectivity index is 4.52. The third-order valence-electron chi connectivity index (χ3n) is 3.11. The Hall–Kier alpha value is -1.10. The molecule has 0 saturated heterocycles. The molecule has 94 valence electrons. The van der Waals surface area contributed by atoms with Crippen LogP contribution in [0.1, 0.15) is 34.1 Å². The van der Waals surface area contributed by atoms with E-state index in [1.54, 1.807) is 13.8 Å². The van der Waals surface area contributed by atoms with Crippen LogP contribution in [0.3, 0.4) is 0 Å². The maximum atomic E-state index is 11.7. The predicted molar refractivity (Wildman–Crippen MR) is 59.9 cm³/mol. The van der Waals surface area contributed by atoms with Crippen molar-refractivity contribution in [2.24, 2.45) is 11.8 Å². The average molecular weight is 231 g/mol. The number of hydrogen-bond acceptors (Lipinski definition) is 3. The minimum Gasteiger partial charge on any atom is -0.481 e. The fraction of sp³-hybridized carbons (Fsp3) is 0.818. The van der Waals surface area contributed by atoms with E-state index in [9.17, 15) is 9.59 Å². The van der Waals surface area contributed by atoms with Gasteiger partial charge in [0.2, 0.25) is 5.91 Å². The van der Waals surface area contributed by atoms with Crippen molar-refractivity contribution in [3.63, 3.8) is 0 Å². The van der Waals surface area contributed by atoms with Crippen LogP contribution >= 0.6 is 0 Å². The largest absolute Gasteiger partial charge is 0.481 e. The first-order valence-electron chi connectivity index (χ1n) is 5.43. The number of nitrogens with one attached hydrogen (secondary N) is 1. The molecule has 0 rings (SSSR count).